The van der Waals surface area contributed by atoms with Crippen LogP contribution < -0.4 is 9.47 Å². The number of carbonyl (C=O) groups excluding carboxylic acids is 1. The second-order valence-electron chi connectivity index (χ2n) is 8.76. The Hall–Kier alpha value is -3.07. The standard InChI is InChI=1S/C30H36O3/c1-4-6-7-8-21-32-28-17-19-29(20-18-28)33-30(31)27-15-13-26(14-16-27)25-11-9-24(10-12-25)22-23(3)5-2/h9-20,23H,4-8,21-22H2,1-3H3/t23-/m0/s1. The van der Waals surface area contributed by atoms with E-state index in [1.54, 1.807) is 12.1 Å². The van der Waals surface area contributed by atoms with Crippen LogP contribution in [0.15, 0.2) is 72.8 Å². The Balaban J connectivity index is 1.52. The fraction of sp³-hybridized carbons (Fsp3) is 0.367. The quantitative estimate of drug-likeness (QED) is 0.161. The first-order valence-corrected chi connectivity index (χ1v) is 12.2. The molecule has 0 unspecified atom stereocenters. The Morgan fingerprint density at radius 3 is 1.97 bits per heavy atom. The van der Waals surface area contributed by atoms with Crippen molar-refractivity contribution in [2.24, 2.45) is 5.92 Å². The van der Waals surface area contributed by atoms with Crippen LogP contribution in [0.25, 0.3) is 11.1 Å². The minimum atomic E-state index is -0.362. The van der Waals surface area contributed by atoms with Crippen LogP contribution in [0.3, 0.4) is 0 Å². The Morgan fingerprint density at radius 1 is 0.758 bits per heavy atom. The number of carbonyl (C=O) groups is 1. The Morgan fingerprint density at radius 2 is 1.36 bits per heavy atom. The van der Waals surface area contributed by atoms with Crippen molar-refractivity contribution in [1.29, 1.82) is 0 Å². The lowest BCUT2D eigenvalue weighted by molar-refractivity contribution is 0.0734. The van der Waals surface area contributed by atoms with Crippen molar-refractivity contribution >= 4 is 5.97 Å². The summed E-state index contributed by atoms with van der Waals surface area (Å²) in [7, 11) is 0. The molecule has 0 N–H and O–H groups in total. The Labute approximate surface area is 198 Å². The van der Waals surface area contributed by atoms with E-state index in [9.17, 15) is 4.79 Å². The second kappa shape index (κ2) is 12.8. The number of unbranched alkanes of at least 4 members (excludes halogenated alkanes) is 3. The van der Waals surface area contributed by atoms with Crippen molar-refractivity contribution in [3.05, 3.63) is 83.9 Å². The van der Waals surface area contributed by atoms with Crippen LogP contribution in [0.1, 0.15) is 68.8 Å². The van der Waals surface area contributed by atoms with Crippen LogP contribution in [-0.4, -0.2) is 12.6 Å². The average Bonchev–Trinajstić information content (AvgIpc) is 2.85. The zero-order chi connectivity index (χ0) is 23.5. The fourth-order valence-corrected chi connectivity index (χ4v) is 3.67. The molecule has 0 aliphatic carbocycles. The van der Waals surface area contributed by atoms with Crippen molar-refractivity contribution < 1.29 is 14.3 Å². The third-order valence-corrected chi connectivity index (χ3v) is 5.99. The van der Waals surface area contributed by atoms with E-state index in [4.69, 9.17) is 9.47 Å². The molecule has 3 heteroatoms. The van der Waals surface area contributed by atoms with E-state index in [0.29, 0.717) is 23.8 Å². The Bertz CT molecular complexity index is 973. The smallest absolute Gasteiger partial charge is 0.343 e. The molecule has 0 aliphatic rings. The molecule has 0 fully saturated rings. The highest BCUT2D eigenvalue weighted by Gasteiger charge is 2.10. The van der Waals surface area contributed by atoms with E-state index in [1.165, 1.54) is 31.2 Å². The first-order chi connectivity index (χ1) is 16.1. The van der Waals surface area contributed by atoms with Gasteiger partial charge in [-0.25, -0.2) is 4.79 Å². The second-order valence-corrected chi connectivity index (χ2v) is 8.76. The summed E-state index contributed by atoms with van der Waals surface area (Å²) in [6.07, 6.45) is 7.00. The van der Waals surface area contributed by atoms with Crippen LogP contribution >= 0.6 is 0 Å². The average molecular weight is 445 g/mol. The van der Waals surface area contributed by atoms with E-state index in [0.717, 1.165) is 29.7 Å². The molecule has 3 aromatic carbocycles. The zero-order valence-electron chi connectivity index (χ0n) is 20.2. The van der Waals surface area contributed by atoms with Gasteiger partial charge in [0.2, 0.25) is 0 Å². The zero-order valence-corrected chi connectivity index (χ0v) is 20.2. The predicted molar refractivity (Wildman–Crippen MR) is 136 cm³/mol. The van der Waals surface area contributed by atoms with Gasteiger partial charge in [-0.15, -0.1) is 0 Å². The van der Waals surface area contributed by atoms with Gasteiger partial charge in [0.05, 0.1) is 12.2 Å². The lowest BCUT2D eigenvalue weighted by atomic mass is 9.96. The first kappa shape index (κ1) is 24.6. The molecular formula is C30H36O3. The lowest BCUT2D eigenvalue weighted by Gasteiger charge is -2.10. The highest BCUT2D eigenvalue weighted by atomic mass is 16.5. The van der Waals surface area contributed by atoms with Crippen LogP contribution in [0.5, 0.6) is 11.5 Å². The summed E-state index contributed by atoms with van der Waals surface area (Å²) in [5, 5.41) is 0. The third kappa shape index (κ3) is 7.78. The van der Waals surface area contributed by atoms with E-state index in [1.807, 2.05) is 36.4 Å². The van der Waals surface area contributed by atoms with Gasteiger partial charge in [-0.2, -0.15) is 0 Å². The molecule has 0 amide bonds. The van der Waals surface area contributed by atoms with Crippen LogP contribution in [0.2, 0.25) is 0 Å². The summed E-state index contributed by atoms with van der Waals surface area (Å²) in [4.78, 5) is 12.5. The lowest BCUT2D eigenvalue weighted by Crippen LogP contribution is -2.08. The number of rotatable bonds is 12. The molecule has 0 saturated heterocycles. The minimum absolute atomic E-state index is 0.362. The topological polar surface area (TPSA) is 35.5 Å². The molecule has 174 valence electrons. The molecule has 0 bridgehead atoms. The maximum Gasteiger partial charge on any atom is 0.343 e. The van der Waals surface area contributed by atoms with Gasteiger partial charge in [0, 0.05) is 0 Å². The molecule has 0 aromatic heterocycles. The summed E-state index contributed by atoms with van der Waals surface area (Å²) in [6.45, 7) is 7.42. The monoisotopic (exact) mass is 444 g/mol. The van der Waals surface area contributed by atoms with Crippen molar-refractivity contribution in [2.75, 3.05) is 6.61 Å². The molecule has 1 atom stereocenters. The van der Waals surface area contributed by atoms with Crippen molar-refractivity contribution in [3.8, 4) is 22.6 Å². The molecule has 33 heavy (non-hydrogen) atoms. The van der Waals surface area contributed by atoms with Crippen LogP contribution in [0, 0.1) is 5.92 Å². The summed E-state index contributed by atoms with van der Waals surface area (Å²) >= 11 is 0. The molecule has 3 rings (SSSR count). The van der Waals surface area contributed by atoms with Crippen molar-refractivity contribution in [3.63, 3.8) is 0 Å². The highest BCUT2D eigenvalue weighted by Crippen LogP contribution is 2.23. The number of hydrogen-bond donors (Lipinski definition) is 0. The van der Waals surface area contributed by atoms with Gasteiger partial charge in [0.15, 0.2) is 0 Å². The maximum absolute atomic E-state index is 12.5. The molecule has 3 aromatic rings. The van der Waals surface area contributed by atoms with Gasteiger partial charge >= 0.3 is 5.97 Å². The molecule has 0 heterocycles. The number of hydrogen-bond acceptors (Lipinski definition) is 3. The van der Waals surface area contributed by atoms with Crippen LogP contribution in [0.4, 0.5) is 0 Å². The van der Waals surface area contributed by atoms with E-state index in [-0.39, 0.29) is 5.97 Å². The van der Waals surface area contributed by atoms with Crippen molar-refractivity contribution in [1.82, 2.24) is 0 Å². The number of esters is 1. The maximum atomic E-state index is 12.5. The molecule has 0 spiro atoms. The van der Waals surface area contributed by atoms with Gasteiger partial charge in [-0.1, -0.05) is 82.9 Å². The van der Waals surface area contributed by atoms with Gasteiger partial charge in [0.25, 0.3) is 0 Å². The minimum Gasteiger partial charge on any atom is -0.494 e. The molecular weight excluding hydrogens is 408 g/mol. The van der Waals surface area contributed by atoms with E-state index < -0.39 is 0 Å². The summed E-state index contributed by atoms with van der Waals surface area (Å²) in [6, 6.07) is 23.5. The van der Waals surface area contributed by atoms with Crippen LogP contribution in [-0.2, 0) is 6.42 Å². The molecule has 0 aliphatic heterocycles. The SMILES string of the molecule is CCCCCCOc1ccc(OC(=O)c2ccc(-c3ccc(C[C@@H](C)CC)cc3)cc2)cc1. The number of benzene rings is 3. The first-order valence-electron chi connectivity index (χ1n) is 12.2. The predicted octanol–water partition coefficient (Wildman–Crippen LogP) is 8.12. The summed E-state index contributed by atoms with van der Waals surface area (Å²) in [5.74, 6) is 1.64. The normalized spacial score (nSPS) is 11.7. The highest BCUT2D eigenvalue weighted by molar-refractivity contribution is 5.91. The van der Waals surface area contributed by atoms with Gasteiger partial charge in [-0.05, 0) is 71.8 Å². The largest absolute Gasteiger partial charge is 0.494 e. The van der Waals surface area contributed by atoms with Gasteiger partial charge in [-0.3, -0.25) is 0 Å². The molecule has 3 nitrogen and oxygen atoms in total. The van der Waals surface area contributed by atoms with Gasteiger partial charge in [0.1, 0.15) is 11.5 Å². The third-order valence-electron chi connectivity index (χ3n) is 5.99. The summed E-state index contributed by atoms with van der Waals surface area (Å²) < 4.78 is 11.3. The Kier molecular flexibility index (Phi) is 9.56. The molecule has 0 saturated carbocycles. The van der Waals surface area contributed by atoms with E-state index in [2.05, 4.69) is 45.0 Å². The van der Waals surface area contributed by atoms with Crippen molar-refractivity contribution in [2.45, 2.75) is 59.3 Å². The molecule has 0 radical (unpaired) electrons. The van der Waals surface area contributed by atoms with E-state index >= 15 is 0 Å². The number of ether oxygens (including phenoxy) is 2. The van der Waals surface area contributed by atoms with Gasteiger partial charge < -0.3 is 9.47 Å². The fourth-order valence-electron chi connectivity index (χ4n) is 3.67. The summed E-state index contributed by atoms with van der Waals surface area (Å²) in [5.41, 5.74) is 4.12.